The number of hydrogen-bond donors (Lipinski definition) is 1. The molecule has 0 aliphatic carbocycles. The molecule has 1 fully saturated rings. The van der Waals surface area contributed by atoms with E-state index in [4.69, 9.17) is 12.2 Å². The van der Waals surface area contributed by atoms with Gasteiger partial charge >= 0.3 is 0 Å². The highest BCUT2D eigenvalue weighted by atomic mass is 32.2. The summed E-state index contributed by atoms with van der Waals surface area (Å²) >= 11 is 6.88. The largest absolute Gasteiger partial charge is 0.330 e. The molecule has 1 aliphatic rings. The fraction of sp³-hybridized carbons (Fsp3) is 0.529. The smallest absolute Gasteiger partial charge is 0.209 e. The standard InChI is InChI=1S/C17H24N4O2S3/c1-4-20(15-7-8-26(22,23)10-15)11-21-17(24)25-16(19-21)18-14-6-5-12(2)13(3)9-14/h5-6,9,15H,4,7-8,10-11H2,1-3H3,(H,18,19)/t15-/m0/s1. The van der Waals surface area contributed by atoms with Gasteiger partial charge in [-0.25, -0.2) is 13.1 Å². The normalized spacial score (nSPS) is 19.2. The number of nitrogens with zero attached hydrogens (tertiary/aromatic N) is 3. The van der Waals surface area contributed by atoms with Crippen molar-refractivity contribution >= 4 is 44.2 Å². The van der Waals surface area contributed by atoms with Crippen molar-refractivity contribution < 1.29 is 8.42 Å². The first-order valence-corrected chi connectivity index (χ1v) is 11.7. The van der Waals surface area contributed by atoms with Gasteiger partial charge in [0.25, 0.3) is 0 Å². The Morgan fingerprint density at radius 2 is 2.15 bits per heavy atom. The molecule has 3 rings (SSSR count). The second-order valence-electron chi connectivity index (χ2n) is 6.70. The summed E-state index contributed by atoms with van der Waals surface area (Å²) in [6.45, 7) is 7.48. The van der Waals surface area contributed by atoms with Crippen molar-refractivity contribution in [2.24, 2.45) is 0 Å². The van der Waals surface area contributed by atoms with Crippen LogP contribution in [0.2, 0.25) is 0 Å². The molecule has 142 valence electrons. The van der Waals surface area contributed by atoms with Crippen molar-refractivity contribution in [3.63, 3.8) is 0 Å². The highest BCUT2D eigenvalue weighted by Gasteiger charge is 2.31. The summed E-state index contributed by atoms with van der Waals surface area (Å²) in [6.07, 6.45) is 0.682. The predicted octanol–water partition coefficient (Wildman–Crippen LogP) is 3.50. The molecule has 1 saturated heterocycles. The van der Waals surface area contributed by atoms with Gasteiger partial charge in [-0.2, -0.15) is 0 Å². The molecule has 9 heteroatoms. The molecule has 1 aromatic heterocycles. The molecule has 0 bridgehead atoms. The summed E-state index contributed by atoms with van der Waals surface area (Å²) in [7, 11) is -2.90. The molecule has 26 heavy (non-hydrogen) atoms. The van der Waals surface area contributed by atoms with Crippen molar-refractivity contribution in [1.29, 1.82) is 0 Å². The molecule has 0 radical (unpaired) electrons. The lowest BCUT2D eigenvalue weighted by molar-refractivity contribution is 0.165. The number of rotatable bonds is 6. The first-order valence-electron chi connectivity index (χ1n) is 8.64. The monoisotopic (exact) mass is 412 g/mol. The zero-order valence-corrected chi connectivity index (χ0v) is 17.7. The van der Waals surface area contributed by atoms with Crippen LogP contribution < -0.4 is 5.32 Å². The van der Waals surface area contributed by atoms with Crippen LogP contribution in [0.25, 0.3) is 0 Å². The lowest BCUT2D eigenvalue weighted by atomic mass is 10.1. The quantitative estimate of drug-likeness (QED) is 0.733. The molecule has 1 N–H and O–H groups in total. The summed E-state index contributed by atoms with van der Waals surface area (Å²) in [5.74, 6) is 0.502. The number of aryl methyl sites for hydroxylation is 2. The van der Waals surface area contributed by atoms with Crippen LogP contribution in [0.3, 0.4) is 0 Å². The number of nitrogens with one attached hydrogen (secondary N) is 1. The molecule has 0 spiro atoms. The number of hydrogen-bond acceptors (Lipinski definition) is 7. The van der Waals surface area contributed by atoms with E-state index in [1.54, 1.807) is 4.68 Å². The van der Waals surface area contributed by atoms with Gasteiger partial charge in [-0.15, -0.1) is 5.10 Å². The lowest BCUT2D eigenvalue weighted by Gasteiger charge is -2.25. The van der Waals surface area contributed by atoms with Crippen LogP contribution in [-0.2, 0) is 16.5 Å². The van der Waals surface area contributed by atoms with Crippen molar-refractivity contribution in [2.45, 2.75) is 39.9 Å². The third kappa shape index (κ3) is 4.51. The Morgan fingerprint density at radius 1 is 1.38 bits per heavy atom. The lowest BCUT2D eigenvalue weighted by Crippen LogP contribution is -2.37. The molecule has 0 unspecified atom stereocenters. The maximum absolute atomic E-state index is 11.8. The molecule has 6 nitrogen and oxygen atoms in total. The molecule has 1 atom stereocenters. The van der Waals surface area contributed by atoms with Crippen LogP contribution in [0.15, 0.2) is 18.2 Å². The average Bonchev–Trinajstić information content (AvgIpc) is 3.10. The average molecular weight is 413 g/mol. The van der Waals surface area contributed by atoms with E-state index in [2.05, 4.69) is 41.3 Å². The van der Waals surface area contributed by atoms with Gasteiger partial charge in [0.1, 0.15) is 0 Å². The molecule has 0 amide bonds. The zero-order valence-electron chi connectivity index (χ0n) is 15.2. The topological polar surface area (TPSA) is 67.2 Å². The van der Waals surface area contributed by atoms with Crippen LogP contribution in [0.4, 0.5) is 10.8 Å². The molecule has 2 heterocycles. The number of sulfone groups is 1. The third-order valence-corrected chi connectivity index (χ3v) is 7.78. The maximum atomic E-state index is 11.8. The van der Waals surface area contributed by atoms with Gasteiger partial charge in [0.05, 0.1) is 18.2 Å². The van der Waals surface area contributed by atoms with E-state index in [1.165, 1.54) is 22.5 Å². The van der Waals surface area contributed by atoms with Crippen LogP contribution in [0.1, 0.15) is 24.5 Å². The van der Waals surface area contributed by atoms with Gasteiger partial charge in [0, 0.05) is 11.7 Å². The fourth-order valence-corrected chi connectivity index (χ4v) is 5.87. The SMILES string of the molecule is CCN(Cn1nc(Nc2ccc(C)c(C)c2)sc1=S)[C@H]1CCS(=O)(=O)C1. The second kappa shape index (κ2) is 7.75. The summed E-state index contributed by atoms with van der Waals surface area (Å²) in [5.41, 5.74) is 3.45. The van der Waals surface area contributed by atoms with E-state index >= 15 is 0 Å². The molecule has 0 saturated carbocycles. The Labute approximate surface area is 163 Å². The molecular formula is C17H24N4O2S3. The Balaban J connectivity index is 1.73. The van der Waals surface area contributed by atoms with Crippen molar-refractivity contribution in [1.82, 2.24) is 14.7 Å². The van der Waals surface area contributed by atoms with Crippen LogP contribution in [0, 0.1) is 17.8 Å². The number of aromatic nitrogens is 2. The van der Waals surface area contributed by atoms with Crippen molar-refractivity contribution in [2.75, 3.05) is 23.4 Å². The van der Waals surface area contributed by atoms with Gasteiger partial charge in [-0.05, 0) is 62.3 Å². The summed E-state index contributed by atoms with van der Waals surface area (Å²) in [4.78, 5) is 2.14. The van der Waals surface area contributed by atoms with E-state index in [9.17, 15) is 8.42 Å². The Morgan fingerprint density at radius 3 is 2.77 bits per heavy atom. The minimum absolute atomic E-state index is 0.0461. The van der Waals surface area contributed by atoms with E-state index in [0.717, 1.165) is 17.4 Å². The molecule has 2 aromatic rings. The molecule has 1 aliphatic heterocycles. The van der Waals surface area contributed by atoms with Gasteiger partial charge in [0.2, 0.25) is 5.13 Å². The summed E-state index contributed by atoms with van der Waals surface area (Å²) in [6, 6.07) is 6.24. The third-order valence-electron chi connectivity index (χ3n) is 4.81. The Kier molecular flexibility index (Phi) is 5.81. The minimum Gasteiger partial charge on any atom is -0.330 e. The number of benzene rings is 1. The molecular weight excluding hydrogens is 388 g/mol. The van der Waals surface area contributed by atoms with Crippen LogP contribution >= 0.6 is 23.6 Å². The van der Waals surface area contributed by atoms with E-state index in [0.29, 0.717) is 17.0 Å². The van der Waals surface area contributed by atoms with E-state index in [1.807, 2.05) is 13.0 Å². The van der Waals surface area contributed by atoms with Crippen LogP contribution in [-0.4, -0.2) is 47.2 Å². The minimum atomic E-state index is -2.90. The predicted molar refractivity (Wildman–Crippen MR) is 110 cm³/mol. The first kappa shape index (κ1) is 19.5. The first-order chi connectivity index (χ1) is 12.3. The van der Waals surface area contributed by atoms with Gasteiger partial charge in [0.15, 0.2) is 13.8 Å². The van der Waals surface area contributed by atoms with Crippen molar-refractivity contribution in [3.05, 3.63) is 33.3 Å². The maximum Gasteiger partial charge on any atom is 0.209 e. The van der Waals surface area contributed by atoms with E-state index in [-0.39, 0.29) is 17.5 Å². The second-order valence-corrected chi connectivity index (χ2v) is 10.6. The summed E-state index contributed by atoms with van der Waals surface area (Å²) < 4.78 is 26.0. The Bertz CT molecular complexity index is 949. The highest BCUT2D eigenvalue weighted by molar-refractivity contribution is 7.91. The number of anilines is 2. The van der Waals surface area contributed by atoms with Crippen molar-refractivity contribution in [3.8, 4) is 0 Å². The highest BCUT2D eigenvalue weighted by Crippen LogP contribution is 2.23. The molecule has 1 aromatic carbocycles. The fourth-order valence-electron chi connectivity index (χ4n) is 3.10. The van der Waals surface area contributed by atoms with Crippen LogP contribution in [0.5, 0.6) is 0 Å². The zero-order chi connectivity index (χ0) is 18.9. The van der Waals surface area contributed by atoms with E-state index < -0.39 is 9.84 Å². The summed E-state index contributed by atoms with van der Waals surface area (Å²) in [5, 5.41) is 8.64. The van der Waals surface area contributed by atoms with Gasteiger partial charge in [-0.3, -0.25) is 4.90 Å². The van der Waals surface area contributed by atoms with Gasteiger partial charge < -0.3 is 5.32 Å². The van der Waals surface area contributed by atoms with Gasteiger partial charge in [-0.1, -0.05) is 24.3 Å². The Hall–Kier alpha value is -1.29.